The minimum absolute atomic E-state index is 0.175. The Kier molecular flexibility index (Phi) is 8.11. The van der Waals surface area contributed by atoms with Gasteiger partial charge in [0.1, 0.15) is 17.4 Å². The van der Waals surface area contributed by atoms with Crippen LogP contribution in [0, 0.1) is 12.8 Å². The van der Waals surface area contributed by atoms with Crippen LogP contribution in [0.2, 0.25) is 0 Å². The molecule has 1 atom stereocenters. The van der Waals surface area contributed by atoms with E-state index < -0.39 is 23.4 Å². The second-order valence-electron chi connectivity index (χ2n) is 11.8. The van der Waals surface area contributed by atoms with Crippen LogP contribution in [0.15, 0.2) is 66.9 Å². The van der Waals surface area contributed by atoms with E-state index in [1.54, 1.807) is 18.2 Å². The zero-order valence-electron chi connectivity index (χ0n) is 24.9. The van der Waals surface area contributed by atoms with Gasteiger partial charge < -0.3 is 14.7 Å². The molecule has 2 aromatic carbocycles. The number of carboxylic acid groups (broad SMARTS) is 1. The van der Waals surface area contributed by atoms with E-state index in [0.29, 0.717) is 39.7 Å². The third kappa shape index (κ3) is 6.29. The SMILES string of the molecule is Cc1cccc(-c2cccc(-n3ncc(C(=O)O)c3C(F)(F)F)n2)c1OC(C)c1ccc(C2CCN(C(=O)C3CC3)CC2)cc1. The van der Waals surface area contributed by atoms with Crippen molar-refractivity contribution < 1.29 is 32.6 Å². The van der Waals surface area contributed by atoms with E-state index in [-0.39, 0.29) is 17.8 Å². The number of likely N-dealkylation sites (tertiary alicyclic amines) is 1. The van der Waals surface area contributed by atoms with Gasteiger partial charge in [-0.05, 0) is 80.3 Å². The summed E-state index contributed by atoms with van der Waals surface area (Å²) < 4.78 is 48.5. The molecule has 1 amide bonds. The number of hydrogen-bond donors (Lipinski definition) is 1. The maximum Gasteiger partial charge on any atom is 0.434 e. The molecule has 1 N–H and O–H groups in total. The Balaban J connectivity index is 1.21. The lowest BCUT2D eigenvalue weighted by Crippen LogP contribution is -2.38. The Bertz CT molecular complexity index is 1720. The third-order valence-corrected chi connectivity index (χ3v) is 8.61. The second-order valence-corrected chi connectivity index (χ2v) is 11.8. The highest BCUT2D eigenvalue weighted by Gasteiger charge is 2.41. The lowest BCUT2D eigenvalue weighted by molar-refractivity contribution is -0.143. The van der Waals surface area contributed by atoms with Gasteiger partial charge >= 0.3 is 12.1 Å². The standard InChI is InChI=1S/C34H33F3N4O4/c1-20-5-3-6-26(28-7-4-8-29(39-28)41-31(34(35,36)37)27(19-38-41)33(43)44)30(20)45-21(2)22-9-11-23(12-10-22)24-15-17-40(18-16-24)32(42)25-13-14-25/h3-12,19,21,24-25H,13-18H2,1-2H3,(H,43,44). The summed E-state index contributed by atoms with van der Waals surface area (Å²) in [5, 5.41) is 13.0. The lowest BCUT2D eigenvalue weighted by Gasteiger charge is -2.32. The number of pyridine rings is 1. The Morgan fingerprint density at radius 3 is 2.31 bits per heavy atom. The molecule has 2 aromatic heterocycles. The number of carboxylic acids is 1. The van der Waals surface area contributed by atoms with E-state index in [0.717, 1.165) is 49.9 Å². The zero-order valence-corrected chi connectivity index (χ0v) is 24.9. The van der Waals surface area contributed by atoms with Gasteiger partial charge in [-0.15, -0.1) is 0 Å². The molecule has 11 heteroatoms. The Morgan fingerprint density at radius 1 is 0.978 bits per heavy atom. The van der Waals surface area contributed by atoms with E-state index in [1.807, 2.05) is 30.9 Å². The van der Waals surface area contributed by atoms with Crippen LogP contribution < -0.4 is 4.74 Å². The summed E-state index contributed by atoms with van der Waals surface area (Å²) in [5.41, 5.74) is 1.58. The molecule has 0 bridgehead atoms. The molecule has 0 spiro atoms. The van der Waals surface area contributed by atoms with Crippen molar-refractivity contribution in [3.05, 3.63) is 94.8 Å². The van der Waals surface area contributed by atoms with Gasteiger partial charge in [0.25, 0.3) is 0 Å². The normalized spacial score (nSPS) is 16.4. The summed E-state index contributed by atoms with van der Waals surface area (Å²) in [6, 6.07) is 18.4. The van der Waals surface area contributed by atoms with Crippen molar-refractivity contribution in [3.63, 3.8) is 0 Å². The number of amides is 1. The zero-order chi connectivity index (χ0) is 31.9. The molecule has 45 heavy (non-hydrogen) atoms. The van der Waals surface area contributed by atoms with Crippen molar-refractivity contribution in [1.29, 1.82) is 0 Å². The van der Waals surface area contributed by atoms with Crippen LogP contribution in [0.25, 0.3) is 17.1 Å². The molecule has 1 saturated heterocycles. The number of hydrogen-bond acceptors (Lipinski definition) is 5. The van der Waals surface area contributed by atoms with Gasteiger partial charge in [0, 0.05) is 24.6 Å². The molecule has 1 unspecified atom stereocenters. The number of aromatic carboxylic acids is 1. The number of halogens is 3. The Morgan fingerprint density at radius 2 is 1.67 bits per heavy atom. The van der Waals surface area contributed by atoms with Crippen LogP contribution in [0.1, 0.15) is 77.4 Å². The fourth-order valence-corrected chi connectivity index (χ4v) is 5.96. The highest BCUT2D eigenvalue weighted by Crippen LogP contribution is 2.38. The van der Waals surface area contributed by atoms with Gasteiger partial charge in [0.05, 0.1) is 11.9 Å². The monoisotopic (exact) mass is 618 g/mol. The van der Waals surface area contributed by atoms with Crippen LogP contribution in [0.5, 0.6) is 5.75 Å². The number of rotatable bonds is 8. The molecule has 3 heterocycles. The average molecular weight is 619 g/mol. The van der Waals surface area contributed by atoms with Crippen molar-refractivity contribution >= 4 is 11.9 Å². The lowest BCUT2D eigenvalue weighted by atomic mass is 9.88. The van der Waals surface area contributed by atoms with E-state index in [9.17, 15) is 27.9 Å². The van der Waals surface area contributed by atoms with Gasteiger partial charge in [-0.1, -0.05) is 42.5 Å². The molecule has 1 aliphatic heterocycles. The molecular weight excluding hydrogens is 585 g/mol. The van der Waals surface area contributed by atoms with Crippen molar-refractivity contribution in [2.75, 3.05) is 13.1 Å². The van der Waals surface area contributed by atoms with Crippen molar-refractivity contribution in [2.45, 2.75) is 57.7 Å². The molecule has 4 aromatic rings. The maximum atomic E-state index is 13.9. The van der Waals surface area contributed by atoms with Crippen LogP contribution in [-0.4, -0.2) is 49.7 Å². The number of para-hydroxylation sites is 1. The van der Waals surface area contributed by atoms with Crippen LogP contribution in [-0.2, 0) is 11.0 Å². The summed E-state index contributed by atoms with van der Waals surface area (Å²) in [6.07, 6.45) is -0.690. The average Bonchev–Trinajstić information content (AvgIpc) is 3.77. The molecule has 1 saturated carbocycles. The van der Waals surface area contributed by atoms with Crippen LogP contribution in [0.4, 0.5) is 13.2 Å². The molecule has 2 fully saturated rings. The first kappa shape index (κ1) is 30.4. The Labute approximate surface area is 258 Å². The van der Waals surface area contributed by atoms with Gasteiger partial charge in [-0.3, -0.25) is 4.79 Å². The highest BCUT2D eigenvalue weighted by molar-refractivity contribution is 5.89. The first-order valence-corrected chi connectivity index (χ1v) is 15.0. The first-order chi connectivity index (χ1) is 21.5. The highest BCUT2D eigenvalue weighted by atomic mass is 19.4. The quantitative estimate of drug-likeness (QED) is 0.224. The largest absolute Gasteiger partial charge is 0.485 e. The summed E-state index contributed by atoms with van der Waals surface area (Å²) >= 11 is 0. The number of aromatic nitrogens is 3. The molecular formula is C34H33F3N4O4. The number of piperidine rings is 1. The molecule has 0 radical (unpaired) electrons. The van der Waals surface area contributed by atoms with Gasteiger partial charge in [0.15, 0.2) is 11.5 Å². The third-order valence-electron chi connectivity index (χ3n) is 8.61. The summed E-state index contributed by atoms with van der Waals surface area (Å²) in [5.74, 6) is -0.403. The van der Waals surface area contributed by atoms with E-state index in [2.05, 4.69) is 34.3 Å². The molecule has 6 rings (SSSR count). The van der Waals surface area contributed by atoms with Gasteiger partial charge in [-0.2, -0.15) is 18.3 Å². The number of carbonyl (C=O) groups is 2. The second kappa shape index (κ2) is 12.0. The van der Waals surface area contributed by atoms with Crippen molar-refractivity contribution in [2.24, 2.45) is 5.92 Å². The van der Waals surface area contributed by atoms with Crippen LogP contribution >= 0.6 is 0 Å². The fourth-order valence-electron chi connectivity index (χ4n) is 5.96. The van der Waals surface area contributed by atoms with Crippen LogP contribution in [0.3, 0.4) is 0 Å². The minimum atomic E-state index is -4.96. The Hall–Kier alpha value is -4.67. The summed E-state index contributed by atoms with van der Waals surface area (Å²) in [6.45, 7) is 5.41. The predicted octanol–water partition coefficient (Wildman–Crippen LogP) is 7.22. The number of nitrogens with zero attached hydrogens (tertiary/aromatic N) is 4. The molecule has 234 valence electrons. The molecule has 1 aliphatic carbocycles. The number of carbonyl (C=O) groups excluding carboxylic acids is 1. The minimum Gasteiger partial charge on any atom is -0.485 e. The van der Waals surface area contributed by atoms with E-state index in [1.165, 1.54) is 11.6 Å². The number of aryl methyl sites for hydroxylation is 1. The summed E-state index contributed by atoms with van der Waals surface area (Å²) in [4.78, 5) is 30.3. The van der Waals surface area contributed by atoms with Gasteiger partial charge in [0.2, 0.25) is 5.91 Å². The maximum absolute atomic E-state index is 13.9. The smallest absolute Gasteiger partial charge is 0.434 e. The molecule has 2 aliphatic rings. The topological polar surface area (TPSA) is 97.6 Å². The predicted molar refractivity (Wildman–Crippen MR) is 160 cm³/mol. The van der Waals surface area contributed by atoms with Gasteiger partial charge in [-0.25, -0.2) is 14.5 Å². The van der Waals surface area contributed by atoms with Crippen molar-refractivity contribution in [3.8, 4) is 22.8 Å². The number of ether oxygens (including phenoxy) is 1. The fraction of sp³-hybridized carbons (Fsp3) is 0.353. The number of alkyl halides is 3. The molecule has 8 nitrogen and oxygen atoms in total. The number of benzene rings is 2. The van der Waals surface area contributed by atoms with Crippen molar-refractivity contribution in [1.82, 2.24) is 19.7 Å². The summed E-state index contributed by atoms with van der Waals surface area (Å²) in [7, 11) is 0. The van der Waals surface area contributed by atoms with E-state index >= 15 is 0 Å². The van der Waals surface area contributed by atoms with E-state index in [4.69, 9.17) is 4.74 Å². The first-order valence-electron chi connectivity index (χ1n) is 15.0.